The zero-order chi connectivity index (χ0) is 27.1. The van der Waals surface area contributed by atoms with Gasteiger partial charge in [-0.3, -0.25) is 14.8 Å². The number of benzene rings is 1. The van der Waals surface area contributed by atoms with Gasteiger partial charge in [-0.05, 0) is 43.7 Å². The molecular formula is C27H29F3N6O2S. The molecule has 6 rings (SSSR count). The molecule has 2 aliphatic heterocycles. The zero-order valence-electron chi connectivity index (χ0n) is 21.2. The summed E-state index contributed by atoms with van der Waals surface area (Å²) in [6.45, 7) is 1.81. The van der Waals surface area contributed by atoms with Crippen LogP contribution in [0, 0.1) is 0 Å². The number of anilines is 1. The van der Waals surface area contributed by atoms with Gasteiger partial charge in [0.2, 0.25) is 0 Å². The van der Waals surface area contributed by atoms with Crippen LogP contribution >= 0.6 is 11.3 Å². The Balaban J connectivity index is 1.14. The van der Waals surface area contributed by atoms with Gasteiger partial charge in [-0.15, -0.1) is 11.3 Å². The van der Waals surface area contributed by atoms with Crippen molar-refractivity contribution >= 4 is 28.4 Å². The minimum Gasteiger partial charge on any atom is -0.338 e. The number of hydrogen-bond donors (Lipinski definition) is 1. The van der Waals surface area contributed by atoms with Crippen molar-refractivity contribution in [3.8, 4) is 0 Å². The van der Waals surface area contributed by atoms with E-state index in [1.54, 1.807) is 28.3 Å². The lowest BCUT2D eigenvalue weighted by Crippen LogP contribution is -2.41. The number of nitrogens with zero attached hydrogens (tertiary/aromatic N) is 5. The standard InChI is InChI=1S/C27H29F3N6O2S/c28-27(29,30)22-4-2-1-3-20(22)18-7-11-35(16-18)24(37)21-15-32-36(23(21)17-5-6-17)19-8-12-34(13-9-19)26(38)33-25-31-10-14-39-25/h1-4,10,14-15,17-19H,5-9,11-13,16H2,(H,31,33,38). The van der Waals surface area contributed by atoms with Crippen molar-refractivity contribution in [1.82, 2.24) is 24.6 Å². The van der Waals surface area contributed by atoms with Crippen molar-refractivity contribution in [2.75, 3.05) is 31.5 Å². The Labute approximate surface area is 227 Å². The third kappa shape index (κ3) is 5.26. The van der Waals surface area contributed by atoms with Crippen molar-refractivity contribution in [2.45, 2.75) is 56.2 Å². The zero-order valence-corrected chi connectivity index (χ0v) is 22.0. The van der Waals surface area contributed by atoms with Gasteiger partial charge in [0, 0.05) is 49.6 Å². The fraction of sp³-hybridized carbons (Fsp3) is 0.481. The van der Waals surface area contributed by atoms with Gasteiger partial charge >= 0.3 is 12.2 Å². The maximum absolute atomic E-state index is 13.6. The maximum Gasteiger partial charge on any atom is 0.416 e. The SMILES string of the molecule is O=C(Nc1nccs1)N1CCC(n2ncc(C(=O)N3CCC(c4ccccc4C(F)(F)F)C3)c2C2CC2)CC1. The number of alkyl halides is 3. The summed E-state index contributed by atoms with van der Waals surface area (Å²) in [5.41, 5.74) is 1.13. The van der Waals surface area contributed by atoms with E-state index in [0.29, 0.717) is 36.8 Å². The summed E-state index contributed by atoms with van der Waals surface area (Å²) in [5, 5.41) is 9.84. The first-order chi connectivity index (χ1) is 18.8. The summed E-state index contributed by atoms with van der Waals surface area (Å²) in [6.07, 6.45) is 2.77. The van der Waals surface area contributed by atoms with Crippen LogP contribution in [0.1, 0.15) is 77.2 Å². The fourth-order valence-corrected chi connectivity index (χ4v) is 6.36. The number of nitrogens with one attached hydrogen (secondary N) is 1. The Morgan fingerprint density at radius 2 is 1.72 bits per heavy atom. The quantitative estimate of drug-likeness (QED) is 0.433. The van der Waals surface area contributed by atoms with E-state index in [-0.39, 0.29) is 41.9 Å². The van der Waals surface area contributed by atoms with Crippen molar-refractivity contribution in [2.24, 2.45) is 0 Å². The van der Waals surface area contributed by atoms with Crippen LogP contribution in [0.4, 0.5) is 23.1 Å². The molecule has 2 saturated heterocycles. The molecule has 3 aromatic rings. The van der Waals surface area contributed by atoms with Crippen LogP contribution < -0.4 is 5.32 Å². The molecule has 12 heteroatoms. The van der Waals surface area contributed by atoms with Gasteiger partial charge in [-0.2, -0.15) is 18.3 Å². The summed E-state index contributed by atoms with van der Waals surface area (Å²) in [5.74, 6) is -0.247. The van der Waals surface area contributed by atoms with Crippen LogP contribution in [0.25, 0.3) is 0 Å². The topological polar surface area (TPSA) is 83.4 Å². The molecule has 1 atom stereocenters. The number of halogens is 3. The first-order valence-electron chi connectivity index (χ1n) is 13.3. The van der Waals surface area contributed by atoms with Gasteiger partial charge in [0.1, 0.15) is 0 Å². The second-order valence-corrected chi connectivity index (χ2v) is 11.4. The molecule has 39 heavy (non-hydrogen) atoms. The normalized spacial score (nSPS) is 20.4. The van der Waals surface area contributed by atoms with Gasteiger partial charge < -0.3 is 9.80 Å². The number of rotatable bonds is 5. The van der Waals surface area contributed by atoms with E-state index in [1.807, 2.05) is 10.1 Å². The molecule has 1 unspecified atom stereocenters. The molecule has 1 aliphatic carbocycles. The first-order valence-corrected chi connectivity index (χ1v) is 14.2. The Hall–Kier alpha value is -3.41. The van der Waals surface area contributed by atoms with E-state index in [1.165, 1.54) is 23.5 Å². The van der Waals surface area contributed by atoms with Crippen molar-refractivity contribution in [1.29, 1.82) is 0 Å². The molecule has 4 heterocycles. The van der Waals surface area contributed by atoms with Crippen LogP contribution in [0.3, 0.4) is 0 Å². The predicted molar refractivity (Wildman–Crippen MR) is 140 cm³/mol. The molecule has 0 bridgehead atoms. The molecule has 0 spiro atoms. The van der Waals surface area contributed by atoms with Crippen LogP contribution in [-0.4, -0.2) is 62.7 Å². The highest BCUT2D eigenvalue weighted by atomic mass is 32.1. The van der Waals surface area contributed by atoms with E-state index in [2.05, 4.69) is 15.4 Å². The third-order valence-electron chi connectivity index (χ3n) is 7.95. The van der Waals surface area contributed by atoms with Crippen molar-refractivity contribution in [3.05, 3.63) is 64.4 Å². The Morgan fingerprint density at radius 3 is 2.41 bits per heavy atom. The minimum atomic E-state index is -4.43. The molecule has 0 radical (unpaired) electrons. The molecule has 1 N–H and O–H groups in total. The Kier molecular flexibility index (Phi) is 6.82. The molecular weight excluding hydrogens is 529 g/mol. The van der Waals surface area contributed by atoms with Gasteiger partial charge in [-0.1, -0.05) is 18.2 Å². The molecule has 8 nitrogen and oxygen atoms in total. The second kappa shape index (κ2) is 10.3. The number of hydrogen-bond acceptors (Lipinski definition) is 5. The minimum absolute atomic E-state index is 0.0797. The van der Waals surface area contributed by atoms with Gasteiger partial charge in [0.15, 0.2) is 5.13 Å². The molecule has 3 amide bonds. The van der Waals surface area contributed by atoms with E-state index >= 15 is 0 Å². The number of aromatic nitrogens is 3. The maximum atomic E-state index is 13.6. The highest BCUT2D eigenvalue weighted by Crippen LogP contribution is 2.44. The first kappa shape index (κ1) is 25.8. The number of carbonyl (C=O) groups is 2. The summed E-state index contributed by atoms with van der Waals surface area (Å²) in [7, 11) is 0. The summed E-state index contributed by atoms with van der Waals surface area (Å²) < 4.78 is 42.7. The highest BCUT2D eigenvalue weighted by molar-refractivity contribution is 7.13. The number of carbonyl (C=O) groups excluding carboxylic acids is 2. The lowest BCUT2D eigenvalue weighted by molar-refractivity contribution is -0.138. The molecule has 3 fully saturated rings. The molecule has 206 valence electrons. The highest BCUT2D eigenvalue weighted by Gasteiger charge is 2.40. The van der Waals surface area contributed by atoms with Gasteiger partial charge in [0.25, 0.3) is 5.91 Å². The van der Waals surface area contributed by atoms with Crippen LogP contribution in [0.2, 0.25) is 0 Å². The number of amides is 3. The lowest BCUT2D eigenvalue weighted by atomic mass is 9.93. The number of thiazole rings is 1. The second-order valence-electron chi connectivity index (χ2n) is 10.5. The number of urea groups is 1. The van der Waals surface area contributed by atoms with Gasteiger partial charge in [-0.25, -0.2) is 9.78 Å². The van der Waals surface area contributed by atoms with Crippen LogP contribution in [0.5, 0.6) is 0 Å². The lowest BCUT2D eigenvalue weighted by Gasteiger charge is -2.32. The smallest absolute Gasteiger partial charge is 0.338 e. The van der Waals surface area contributed by atoms with E-state index in [0.717, 1.165) is 37.4 Å². The third-order valence-corrected chi connectivity index (χ3v) is 8.64. The molecule has 1 aromatic carbocycles. The largest absolute Gasteiger partial charge is 0.416 e. The van der Waals surface area contributed by atoms with Gasteiger partial charge in [0.05, 0.1) is 29.1 Å². The van der Waals surface area contributed by atoms with Crippen LogP contribution in [-0.2, 0) is 6.18 Å². The molecule has 1 saturated carbocycles. The van der Waals surface area contributed by atoms with E-state index in [9.17, 15) is 22.8 Å². The fourth-order valence-electron chi connectivity index (χ4n) is 5.84. The summed E-state index contributed by atoms with van der Waals surface area (Å²) >= 11 is 1.37. The van der Waals surface area contributed by atoms with E-state index in [4.69, 9.17) is 0 Å². The van der Waals surface area contributed by atoms with Crippen molar-refractivity contribution in [3.63, 3.8) is 0 Å². The van der Waals surface area contributed by atoms with Crippen LogP contribution in [0.15, 0.2) is 42.0 Å². The summed E-state index contributed by atoms with van der Waals surface area (Å²) in [6, 6.07) is 5.58. The average molecular weight is 559 g/mol. The average Bonchev–Trinajstić information content (AvgIpc) is 3.31. The molecule has 2 aromatic heterocycles. The number of likely N-dealkylation sites (tertiary alicyclic amines) is 2. The Bertz CT molecular complexity index is 1350. The summed E-state index contributed by atoms with van der Waals surface area (Å²) in [4.78, 5) is 33.8. The van der Waals surface area contributed by atoms with Crippen molar-refractivity contribution < 1.29 is 22.8 Å². The Morgan fingerprint density at radius 1 is 0.974 bits per heavy atom. The van der Waals surface area contributed by atoms with E-state index < -0.39 is 11.7 Å². The molecule has 3 aliphatic rings. The number of piperidine rings is 1. The predicted octanol–water partition coefficient (Wildman–Crippen LogP) is 5.73. The monoisotopic (exact) mass is 558 g/mol.